The SMILES string of the molecule is CCOCC(C)NS(=O)(=O)c1csc(CN)c1. The molecule has 1 unspecified atom stereocenters. The molecule has 7 heteroatoms. The number of thiophene rings is 1. The first-order valence-electron chi connectivity index (χ1n) is 5.37. The Morgan fingerprint density at radius 2 is 2.29 bits per heavy atom. The smallest absolute Gasteiger partial charge is 0.241 e. The largest absolute Gasteiger partial charge is 0.380 e. The summed E-state index contributed by atoms with van der Waals surface area (Å²) >= 11 is 1.35. The van der Waals surface area contributed by atoms with E-state index in [0.717, 1.165) is 4.88 Å². The molecule has 1 atom stereocenters. The fourth-order valence-electron chi connectivity index (χ4n) is 1.27. The molecule has 0 aromatic carbocycles. The lowest BCUT2D eigenvalue weighted by atomic mass is 10.4. The van der Waals surface area contributed by atoms with Crippen molar-refractivity contribution in [1.82, 2.24) is 4.72 Å². The third-order valence-electron chi connectivity index (χ3n) is 2.07. The Kier molecular flexibility index (Phi) is 5.54. The lowest BCUT2D eigenvalue weighted by molar-refractivity contribution is 0.133. The zero-order valence-electron chi connectivity index (χ0n) is 9.97. The summed E-state index contributed by atoms with van der Waals surface area (Å²) in [7, 11) is -3.45. The molecule has 17 heavy (non-hydrogen) atoms. The van der Waals surface area contributed by atoms with Crippen molar-refractivity contribution in [1.29, 1.82) is 0 Å². The zero-order valence-corrected chi connectivity index (χ0v) is 11.6. The topological polar surface area (TPSA) is 81.4 Å². The zero-order chi connectivity index (χ0) is 12.9. The Hall–Kier alpha value is -0.470. The van der Waals surface area contributed by atoms with E-state index in [-0.39, 0.29) is 10.9 Å². The van der Waals surface area contributed by atoms with Crippen LogP contribution in [0.1, 0.15) is 18.7 Å². The quantitative estimate of drug-likeness (QED) is 0.777. The first-order chi connectivity index (χ1) is 7.99. The molecule has 98 valence electrons. The van der Waals surface area contributed by atoms with Gasteiger partial charge in [0.2, 0.25) is 10.0 Å². The van der Waals surface area contributed by atoms with Crippen LogP contribution in [0, 0.1) is 0 Å². The van der Waals surface area contributed by atoms with Crippen LogP contribution >= 0.6 is 11.3 Å². The summed E-state index contributed by atoms with van der Waals surface area (Å²) in [5, 5.41) is 1.60. The molecule has 0 aliphatic carbocycles. The molecular formula is C10H18N2O3S2. The number of hydrogen-bond donors (Lipinski definition) is 2. The molecular weight excluding hydrogens is 260 g/mol. The van der Waals surface area contributed by atoms with Crippen LogP contribution in [0.5, 0.6) is 0 Å². The number of rotatable bonds is 7. The summed E-state index contributed by atoms with van der Waals surface area (Å²) in [4.78, 5) is 1.12. The molecule has 0 spiro atoms. The summed E-state index contributed by atoms with van der Waals surface area (Å²) in [6.07, 6.45) is 0. The Bertz CT molecular complexity index is 442. The molecule has 5 nitrogen and oxygen atoms in total. The monoisotopic (exact) mass is 278 g/mol. The highest BCUT2D eigenvalue weighted by atomic mass is 32.2. The van der Waals surface area contributed by atoms with Gasteiger partial charge < -0.3 is 10.5 Å². The van der Waals surface area contributed by atoms with Crippen LogP contribution in [-0.4, -0.2) is 27.7 Å². The van der Waals surface area contributed by atoms with E-state index in [9.17, 15) is 8.42 Å². The number of sulfonamides is 1. The summed E-state index contributed by atoms with van der Waals surface area (Å²) in [6.45, 7) is 4.93. The standard InChI is InChI=1S/C10H18N2O3S2/c1-3-15-6-8(2)12-17(13,14)10-4-9(5-11)16-7-10/h4,7-8,12H,3,5-6,11H2,1-2H3. The lowest BCUT2D eigenvalue weighted by Crippen LogP contribution is -2.35. The first kappa shape index (κ1) is 14.6. The van der Waals surface area contributed by atoms with Crippen molar-refractivity contribution >= 4 is 21.4 Å². The summed E-state index contributed by atoms with van der Waals surface area (Å²) in [5.74, 6) is 0. The Balaban J connectivity index is 2.68. The van der Waals surface area contributed by atoms with Gasteiger partial charge in [0.05, 0.1) is 11.5 Å². The van der Waals surface area contributed by atoms with E-state index >= 15 is 0 Å². The van der Waals surface area contributed by atoms with Crippen LogP contribution < -0.4 is 10.5 Å². The maximum atomic E-state index is 11.9. The summed E-state index contributed by atoms with van der Waals surface area (Å²) in [5.41, 5.74) is 5.45. The van der Waals surface area contributed by atoms with Gasteiger partial charge in [-0.1, -0.05) is 0 Å². The molecule has 0 fully saturated rings. The van der Waals surface area contributed by atoms with Gasteiger partial charge in [0.15, 0.2) is 0 Å². The van der Waals surface area contributed by atoms with E-state index in [2.05, 4.69) is 4.72 Å². The van der Waals surface area contributed by atoms with Gasteiger partial charge in [-0.2, -0.15) is 0 Å². The number of hydrogen-bond acceptors (Lipinski definition) is 5. The fraction of sp³-hybridized carbons (Fsp3) is 0.600. The van der Waals surface area contributed by atoms with Gasteiger partial charge in [-0.3, -0.25) is 0 Å². The highest BCUT2D eigenvalue weighted by Gasteiger charge is 2.18. The minimum atomic E-state index is -3.45. The third-order valence-corrected chi connectivity index (χ3v) is 4.75. The van der Waals surface area contributed by atoms with Crippen molar-refractivity contribution in [3.63, 3.8) is 0 Å². The number of nitrogens with one attached hydrogen (secondary N) is 1. The molecule has 0 bridgehead atoms. The van der Waals surface area contributed by atoms with E-state index in [1.165, 1.54) is 11.3 Å². The van der Waals surface area contributed by atoms with Crippen molar-refractivity contribution in [3.8, 4) is 0 Å². The molecule has 1 aromatic rings. The molecule has 3 N–H and O–H groups in total. The van der Waals surface area contributed by atoms with Gasteiger partial charge in [-0.05, 0) is 19.9 Å². The Labute approximate surface area is 106 Å². The van der Waals surface area contributed by atoms with E-state index in [1.807, 2.05) is 6.92 Å². The normalized spacial score (nSPS) is 13.8. The van der Waals surface area contributed by atoms with Gasteiger partial charge in [0.1, 0.15) is 0 Å². The van der Waals surface area contributed by atoms with Crippen LogP contribution in [0.15, 0.2) is 16.3 Å². The highest BCUT2D eigenvalue weighted by Crippen LogP contribution is 2.18. The van der Waals surface area contributed by atoms with Crippen LogP contribution in [0.3, 0.4) is 0 Å². The third kappa shape index (κ3) is 4.36. The molecule has 0 aliphatic heterocycles. The summed E-state index contributed by atoms with van der Waals surface area (Å²) in [6, 6.07) is 1.35. The Morgan fingerprint density at radius 3 is 2.82 bits per heavy atom. The van der Waals surface area contributed by atoms with Crippen molar-refractivity contribution in [2.24, 2.45) is 5.73 Å². The van der Waals surface area contributed by atoms with Gasteiger partial charge in [-0.25, -0.2) is 13.1 Å². The van der Waals surface area contributed by atoms with Crippen molar-refractivity contribution in [3.05, 3.63) is 16.3 Å². The van der Waals surface area contributed by atoms with Crippen LogP contribution in [0.4, 0.5) is 0 Å². The van der Waals surface area contributed by atoms with Crippen LogP contribution in [0.2, 0.25) is 0 Å². The molecule has 1 heterocycles. The van der Waals surface area contributed by atoms with Crippen LogP contribution in [0.25, 0.3) is 0 Å². The average Bonchev–Trinajstić information content (AvgIpc) is 2.75. The van der Waals surface area contributed by atoms with E-state index < -0.39 is 10.0 Å². The average molecular weight is 278 g/mol. The second-order valence-corrected chi connectivity index (χ2v) is 6.34. The van der Waals surface area contributed by atoms with E-state index in [0.29, 0.717) is 19.8 Å². The number of nitrogens with two attached hydrogens (primary N) is 1. The van der Waals surface area contributed by atoms with Crippen molar-refractivity contribution in [2.75, 3.05) is 13.2 Å². The Morgan fingerprint density at radius 1 is 1.59 bits per heavy atom. The molecule has 0 aliphatic rings. The molecule has 0 radical (unpaired) electrons. The predicted octanol–water partition coefficient (Wildman–Crippen LogP) is 0.910. The molecule has 0 saturated carbocycles. The van der Waals surface area contributed by atoms with Crippen molar-refractivity contribution < 1.29 is 13.2 Å². The van der Waals surface area contributed by atoms with Crippen molar-refractivity contribution in [2.45, 2.75) is 31.3 Å². The van der Waals surface area contributed by atoms with E-state index in [1.54, 1.807) is 18.4 Å². The molecule has 0 amide bonds. The van der Waals surface area contributed by atoms with Gasteiger partial charge in [0, 0.05) is 29.5 Å². The van der Waals surface area contributed by atoms with Crippen LogP contribution in [-0.2, 0) is 21.3 Å². The molecule has 1 rings (SSSR count). The molecule has 0 saturated heterocycles. The maximum Gasteiger partial charge on any atom is 0.241 e. The fourth-order valence-corrected chi connectivity index (χ4v) is 3.65. The highest BCUT2D eigenvalue weighted by molar-refractivity contribution is 7.89. The van der Waals surface area contributed by atoms with Gasteiger partial charge in [-0.15, -0.1) is 11.3 Å². The lowest BCUT2D eigenvalue weighted by Gasteiger charge is -2.13. The molecule has 1 aromatic heterocycles. The van der Waals surface area contributed by atoms with Gasteiger partial charge in [0.25, 0.3) is 0 Å². The predicted molar refractivity (Wildman–Crippen MR) is 68.5 cm³/mol. The minimum Gasteiger partial charge on any atom is -0.380 e. The second kappa shape index (κ2) is 6.46. The minimum absolute atomic E-state index is 0.249. The summed E-state index contributed by atoms with van der Waals surface area (Å²) < 4.78 is 31.6. The maximum absolute atomic E-state index is 11.9. The van der Waals surface area contributed by atoms with Gasteiger partial charge >= 0.3 is 0 Å². The number of ether oxygens (including phenoxy) is 1. The van der Waals surface area contributed by atoms with E-state index in [4.69, 9.17) is 10.5 Å². The second-order valence-electron chi connectivity index (χ2n) is 3.63. The first-order valence-corrected chi connectivity index (χ1v) is 7.73.